The fourth-order valence-electron chi connectivity index (χ4n) is 3.49. The number of aryl methyl sites for hydroxylation is 4. The maximum atomic E-state index is 14.0. The first-order chi connectivity index (χ1) is 16.9. The van der Waals surface area contributed by atoms with Gasteiger partial charge in [-0.15, -0.1) is 5.10 Å². The van der Waals surface area contributed by atoms with Gasteiger partial charge in [0.05, 0.1) is 5.56 Å². The van der Waals surface area contributed by atoms with Gasteiger partial charge in [0.1, 0.15) is 36.5 Å². The molecule has 0 N–H and O–H groups in total. The van der Waals surface area contributed by atoms with Crippen LogP contribution in [0, 0.1) is 5.82 Å². The van der Waals surface area contributed by atoms with Crippen molar-refractivity contribution in [2.75, 3.05) is 0 Å². The Morgan fingerprint density at radius 2 is 1.80 bits per heavy atom. The maximum absolute atomic E-state index is 14.0. The predicted molar refractivity (Wildman–Crippen MR) is 117 cm³/mol. The summed E-state index contributed by atoms with van der Waals surface area (Å²) >= 11 is 0. The van der Waals surface area contributed by atoms with E-state index in [0.717, 1.165) is 37.9 Å². The van der Waals surface area contributed by atoms with Gasteiger partial charge >= 0.3 is 6.18 Å². The van der Waals surface area contributed by atoms with Crippen LogP contribution in [-0.2, 0) is 38.6 Å². The van der Waals surface area contributed by atoms with Gasteiger partial charge in [0, 0.05) is 13.0 Å². The molecule has 0 saturated carbocycles. The molecule has 0 fully saturated rings. The van der Waals surface area contributed by atoms with Crippen LogP contribution in [0.1, 0.15) is 41.1 Å². The molecule has 0 bridgehead atoms. The molecule has 0 aliphatic rings. The number of ether oxygens (including phenoxy) is 1. The molecule has 35 heavy (non-hydrogen) atoms. The normalized spacial score (nSPS) is 11.7. The first-order valence-electron chi connectivity index (χ1n) is 11.1. The molecule has 0 atom stereocenters. The minimum atomic E-state index is -4.58. The summed E-state index contributed by atoms with van der Waals surface area (Å²) in [4.78, 5) is 4.31. The molecule has 4 aromatic rings. The summed E-state index contributed by atoms with van der Waals surface area (Å²) in [5, 5.41) is 11.0. The molecule has 0 unspecified atom stereocenters. The van der Waals surface area contributed by atoms with Gasteiger partial charge in [0.25, 0.3) is 0 Å². The molecule has 184 valence electrons. The lowest BCUT2D eigenvalue weighted by Crippen LogP contribution is -2.06. The Labute approximate surface area is 198 Å². The number of hydrogen-bond acceptors (Lipinski definition) is 6. The van der Waals surface area contributed by atoms with Gasteiger partial charge in [0.15, 0.2) is 5.89 Å². The molecule has 11 heteroatoms. The van der Waals surface area contributed by atoms with Crippen molar-refractivity contribution in [3.63, 3.8) is 0 Å². The molecule has 0 amide bonds. The molecule has 2 aromatic heterocycles. The number of nitrogens with zero attached hydrogens (tertiary/aromatic N) is 5. The van der Waals surface area contributed by atoms with E-state index in [-0.39, 0.29) is 25.0 Å². The molecule has 2 aromatic carbocycles. The monoisotopic (exact) mass is 489 g/mol. The Morgan fingerprint density at radius 3 is 2.51 bits per heavy atom. The third-order valence-corrected chi connectivity index (χ3v) is 5.39. The van der Waals surface area contributed by atoms with Crippen molar-refractivity contribution in [1.82, 2.24) is 25.2 Å². The van der Waals surface area contributed by atoms with Crippen LogP contribution in [0.5, 0.6) is 5.75 Å². The predicted octanol–water partition coefficient (Wildman–Crippen LogP) is 5.21. The highest BCUT2D eigenvalue weighted by molar-refractivity contribution is 5.28. The van der Waals surface area contributed by atoms with Crippen LogP contribution >= 0.6 is 0 Å². The summed E-state index contributed by atoms with van der Waals surface area (Å²) in [5.74, 6) is 0.157. The fraction of sp³-hybridized carbons (Fsp3) is 0.333. The molecular weight excluding hydrogens is 466 g/mol. The summed E-state index contributed by atoms with van der Waals surface area (Å²) < 4.78 is 64.8. The Kier molecular flexibility index (Phi) is 7.74. The number of rotatable bonds is 11. The van der Waals surface area contributed by atoms with E-state index in [2.05, 4.69) is 20.5 Å². The Bertz CT molecular complexity index is 1210. The molecule has 0 radical (unpaired) electrons. The van der Waals surface area contributed by atoms with Crippen molar-refractivity contribution in [3.05, 3.63) is 89.1 Å². The number of unbranched alkanes of at least 4 members (excludes halogenated alkanes) is 1. The van der Waals surface area contributed by atoms with E-state index >= 15 is 0 Å². The lowest BCUT2D eigenvalue weighted by Gasteiger charge is -2.08. The van der Waals surface area contributed by atoms with Crippen molar-refractivity contribution >= 4 is 0 Å². The van der Waals surface area contributed by atoms with Crippen LogP contribution in [0.3, 0.4) is 0 Å². The largest absolute Gasteiger partial charge is 0.487 e. The average molecular weight is 489 g/mol. The van der Waals surface area contributed by atoms with Crippen LogP contribution in [0.2, 0.25) is 0 Å². The van der Waals surface area contributed by atoms with Crippen LogP contribution in [0.25, 0.3) is 0 Å². The Balaban J connectivity index is 1.20. The Hall–Kier alpha value is -3.76. The Morgan fingerprint density at radius 1 is 0.971 bits per heavy atom. The molecule has 7 nitrogen and oxygen atoms in total. The number of hydrogen-bond donors (Lipinski definition) is 0. The smallest absolute Gasteiger partial charge is 0.416 e. The van der Waals surface area contributed by atoms with Crippen molar-refractivity contribution in [2.24, 2.45) is 0 Å². The van der Waals surface area contributed by atoms with Crippen molar-refractivity contribution < 1.29 is 26.7 Å². The zero-order valence-corrected chi connectivity index (χ0v) is 18.7. The molecule has 2 heterocycles. The SMILES string of the molecule is Fc1cc(C(F)(F)F)ccc1CCc1nc(COc2ccc(CCCCn3cnnn3)cc2)co1. The van der Waals surface area contributed by atoms with E-state index < -0.39 is 17.6 Å². The highest BCUT2D eigenvalue weighted by Crippen LogP contribution is 2.30. The van der Waals surface area contributed by atoms with Gasteiger partial charge in [-0.2, -0.15) is 13.2 Å². The van der Waals surface area contributed by atoms with Crippen LogP contribution in [0.15, 0.2) is 59.5 Å². The second-order valence-electron chi connectivity index (χ2n) is 8.00. The van der Waals surface area contributed by atoms with Gasteiger partial charge < -0.3 is 9.15 Å². The molecule has 0 spiro atoms. The summed E-state index contributed by atoms with van der Waals surface area (Å²) in [6, 6.07) is 10.3. The average Bonchev–Trinajstić information content (AvgIpc) is 3.52. The summed E-state index contributed by atoms with van der Waals surface area (Å²) in [7, 11) is 0. The van der Waals surface area contributed by atoms with E-state index in [1.807, 2.05) is 24.3 Å². The lowest BCUT2D eigenvalue weighted by molar-refractivity contribution is -0.137. The standard InChI is InChI=1S/C24H23F4N5O2/c25-22-13-19(24(26,27)28)8-6-18(22)7-11-23-30-20(15-35-23)14-34-21-9-4-17(5-10-21)3-1-2-12-33-16-29-31-32-33/h4-6,8-10,13,15-16H,1-3,7,11-12,14H2. The second-order valence-corrected chi connectivity index (χ2v) is 8.00. The van der Waals surface area contributed by atoms with Crippen LogP contribution in [0.4, 0.5) is 17.6 Å². The molecular formula is C24H23F4N5O2. The third kappa shape index (κ3) is 7.11. The second kappa shape index (κ2) is 11.1. The summed E-state index contributed by atoms with van der Waals surface area (Å²) in [5.41, 5.74) is 0.931. The van der Waals surface area contributed by atoms with E-state index in [0.29, 0.717) is 23.4 Å². The first-order valence-corrected chi connectivity index (χ1v) is 11.1. The van der Waals surface area contributed by atoms with Gasteiger partial charge in [-0.25, -0.2) is 14.1 Å². The number of aromatic nitrogens is 5. The summed E-state index contributed by atoms with van der Waals surface area (Å²) in [6.07, 6.45) is 1.83. The number of benzene rings is 2. The maximum Gasteiger partial charge on any atom is 0.416 e. The minimum Gasteiger partial charge on any atom is -0.487 e. The quantitative estimate of drug-likeness (QED) is 0.213. The number of halogens is 4. The number of tetrazole rings is 1. The van der Waals surface area contributed by atoms with Crippen molar-refractivity contribution in [3.8, 4) is 5.75 Å². The molecule has 0 aliphatic carbocycles. The molecule has 0 aliphatic heterocycles. The number of alkyl halides is 3. The van der Waals surface area contributed by atoms with Crippen LogP contribution < -0.4 is 4.74 Å². The molecule has 4 rings (SSSR count). The van der Waals surface area contributed by atoms with Gasteiger partial charge in [-0.05, 0) is 71.5 Å². The van der Waals surface area contributed by atoms with Gasteiger partial charge in [-0.1, -0.05) is 18.2 Å². The van der Waals surface area contributed by atoms with Gasteiger partial charge in [-0.3, -0.25) is 0 Å². The molecule has 0 saturated heterocycles. The van der Waals surface area contributed by atoms with E-state index in [1.54, 1.807) is 11.0 Å². The third-order valence-electron chi connectivity index (χ3n) is 5.39. The zero-order valence-electron chi connectivity index (χ0n) is 18.7. The summed E-state index contributed by atoms with van der Waals surface area (Å²) in [6.45, 7) is 0.983. The van der Waals surface area contributed by atoms with Gasteiger partial charge in [0.2, 0.25) is 0 Å². The minimum absolute atomic E-state index is 0.169. The highest BCUT2D eigenvalue weighted by atomic mass is 19.4. The zero-order chi connectivity index (χ0) is 24.7. The fourth-order valence-corrected chi connectivity index (χ4v) is 3.49. The number of oxazole rings is 1. The first kappa shape index (κ1) is 24.4. The van der Waals surface area contributed by atoms with E-state index in [1.165, 1.54) is 11.8 Å². The lowest BCUT2D eigenvalue weighted by atomic mass is 10.1. The highest BCUT2D eigenvalue weighted by Gasteiger charge is 2.31. The van der Waals surface area contributed by atoms with Crippen molar-refractivity contribution in [2.45, 2.75) is 51.4 Å². The van der Waals surface area contributed by atoms with Crippen molar-refractivity contribution in [1.29, 1.82) is 0 Å². The van der Waals surface area contributed by atoms with E-state index in [9.17, 15) is 17.6 Å². The van der Waals surface area contributed by atoms with Crippen LogP contribution in [-0.4, -0.2) is 25.2 Å². The topological polar surface area (TPSA) is 78.9 Å². The van der Waals surface area contributed by atoms with E-state index in [4.69, 9.17) is 9.15 Å².